The summed E-state index contributed by atoms with van der Waals surface area (Å²) < 4.78 is 4.89. The molecule has 1 aromatic rings. The van der Waals surface area contributed by atoms with E-state index < -0.39 is 0 Å². The molecule has 21 heavy (non-hydrogen) atoms. The van der Waals surface area contributed by atoms with Crippen molar-refractivity contribution < 1.29 is 14.1 Å². The molecule has 7 heteroatoms. The van der Waals surface area contributed by atoms with Crippen LogP contribution in [-0.2, 0) is 9.59 Å². The normalized spacial score (nSPS) is 18.7. The number of carbonyl (C=O) groups is 2. The lowest BCUT2D eigenvalue weighted by atomic mass is 10.2. The molecule has 1 aromatic heterocycles. The number of nitrogens with one attached hydrogen (secondary N) is 1. The topological polar surface area (TPSA) is 78.7 Å². The number of hydrogen-bond donors (Lipinski definition) is 1. The molecule has 1 fully saturated rings. The zero-order valence-electron chi connectivity index (χ0n) is 12.8. The lowest BCUT2D eigenvalue weighted by Gasteiger charge is -2.25. The first-order chi connectivity index (χ1) is 9.97. The summed E-state index contributed by atoms with van der Waals surface area (Å²) in [7, 11) is 3.52. The van der Waals surface area contributed by atoms with Crippen molar-refractivity contribution in [3.05, 3.63) is 11.8 Å². The van der Waals surface area contributed by atoms with Gasteiger partial charge < -0.3 is 14.7 Å². The maximum absolute atomic E-state index is 12.1. The van der Waals surface area contributed by atoms with E-state index >= 15 is 0 Å². The van der Waals surface area contributed by atoms with Crippen LogP contribution >= 0.6 is 0 Å². The van der Waals surface area contributed by atoms with Gasteiger partial charge in [-0.1, -0.05) is 5.16 Å². The molecule has 0 bridgehead atoms. The van der Waals surface area contributed by atoms with Crippen LogP contribution in [0.25, 0.3) is 0 Å². The largest absolute Gasteiger partial charge is 0.360 e. The maximum atomic E-state index is 12.1. The van der Waals surface area contributed by atoms with E-state index in [1.807, 2.05) is 0 Å². The molecule has 0 aliphatic carbocycles. The van der Waals surface area contributed by atoms with Crippen molar-refractivity contribution in [2.45, 2.75) is 32.2 Å². The number of rotatable bonds is 5. The van der Waals surface area contributed by atoms with Crippen LogP contribution in [-0.4, -0.2) is 60.0 Å². The lowest BCUT2D eigenvalue weighted by Crippen LogP contribution is -2.43. The molecular weight excluding hydrogens is 272 g/mol. The van der Waals surface area contributed by atoms with Gasteiger partial charge in [-0.3, -0.25) is 14.5 Å². The van der Waals surface area contributed by atoms with Gasteiger partial charge in [0.1, 0.15) is 5.76 Å². The van der Waals surface area contributed by atoms with Crippen molar-refractivity contribution in [1.29, 1.82) is 0 Å². The van der Waals surface area contributed by atoms with E-state index in [-0.39, 0.29) is 17.9 Å². The fourth-order valence-corrected chi connectivity index (χ4v) is 2.55. The molecule has 0 aromatic carbocycles. The van der Waals surface area contributed by atoms with Gasteiger partial charge in [0, 0.05) is 33.1 Å². The second-order valence-electron chi connectivity index (χ2n) is 5.55. The zero-order chi connectivity index (χ0) is 15.4. The predicted octanol–water partition coefficient (Wildman–Crippen LogP) is 0.864. The molecule has 1 N–H and O–H groups in total. The van der Waals surface area contributed by atoms with Gasteiger partial charge in [0.15, 0.2) is 5.82 Å². The fraction of sp³-hybridized carbons (Fsp3) is 0.643. The highest BCUT2D eigenvalue weighted by Gasteiger charge is 2.31. The van der Waals surface area contributed by atoms with E-state index in [4.69, 9.17) is 4.52 Å². The smallest absolute Gasteiger partial charge is 0.239 e. The summed E-state index contributed by atoms with van der Waals surface area (Å²) in [6.45, 7) is 3.21. The van der Waals surface area contributed by atoms with E-state index in [9.17, 15) is 9.59 Å². The summed E-state index contributed by atoms with van der Waals surface area (Å²) in [5, 5.41) is 6.41. The van der Waals surface area contributed by atoms with Crippen molar-refractivity contribution in [3.8, 4) is 0 Å². The van der Waals surface area contributed by atoms with Gasteiger partial charge in [-0.25, -0.2) is 0 Å². The Morgan fingerprint density at radius 1 is 1.52 bits per heavy atom. The van der Waals surface area contributed by atoms with Crippen LogP contribution in [0.5, 0.6) is 0 Å². The first-order valence-corrected chi connectivity index (χ1v) is 7.16. The highest BCUT2D eigenvalue weighted by molar-refractivity contribution is 5.89. The first-order valence-electron chi connectivity index (χ1n) is 7.16. The average Bonchev–Trinajstić information content (AvgIpc) is 3.04. The summed E-state index contributed by atoms with van der Waals surface area (Å²) >= 11 is 0. The van der Waals surface area contributed by atoms with Gasteiger partial charge >= 0.3 is 0 Å². The van der Waals surface area contributed by atoms with Crippen molar-refractivity contribution in [3.63, 3.8) is 0 Å². The Balaban J connectivity index is 1.81. The number of likely N-dealkylation sites (N-methyl/N-ethyl adjacent to an activating group) is 1. The molecule has 0 spiro atoms. The Bertz CT molecular complexity index is 512. The minimum atomic E-state index is -0.119. The monoisotopic (exact) mass is 294 g/mol. The van der Waals surface area contributed by atoms with Crippen LogP contribution in [0, 0.1) is 6.92 Å². The summed E-state index contributed by atoms with van der Waals surface area (Å²) in [5.74, 6) is 1.08. The number of aryl methyl sites for hydroxylation is 1. The number of amides is 2. The van der Waals surface area contributed by atoms with Gasteiger partial charge in [-0.2, -0.15) is 0 Å². The Kier molecular flexibility index (Phi) is 4.95. The van der Waals surface area contributed by atoms with Crippen LogP contribution in [0.1, 0.15) is 25.0 Å². The third-order valence-corrected chi connectivity index (χ3v) is 3.61. The molecular formula is C14H22N4O3. The maximum Gasteiger partial charge on any atom is 0.239 e. The lowest BCUT2D eigenvalue weighted by molar-refractivity contribution is -0.133. The van der Waals surface area contributed by atoms with Crippen molar-refractivity contribution >= 4 is 17.6 Å². The van der Waals surface area contributed by atoms with Crippen LogP contribution in [0.4, 0.5) is 5.82 Å². The Morgan fingerprint density at radius 3 is 2.90 bits per heavy atom. The number of likely N-dealkylation sites (tertiary alicyclic amines) is 1. The fourth-order valence-electron chi connectivity index (χ4n) is 2.55. The molecule has 7 nitrogen and oxygen atoms in total. The quantitative estimate of drug-likeness (QED) is 0.871. The number of anilines is 1. The van der Waals surface area contributed by atoms with E-state index in [0.717, 1.165) is 19.4 Å². The number of aromatic nitrogens is 1. The predicted molar refractivity (Wildman–Crippen MR) is 77.8 cm³/mol. The Hall–Kier alpha value is -1.89. The summed E-state index contributed by atoms with van der Waals surface area (Å²) in [4.78, 5) is 27.6. The number of carbonyl (C=O) groups excluding carboxylic acids is 2. The molecule has 0 saturated carbocycles. The van der Waals surface area contributed by atoms with Crippen molar-refractivity contribution in [2.75, 3.05) is 32.5 Å². The third kappa shape index (κ3) is 4.04. The average molecular weight is 294 g/mol. The highest BCUT2D eigenvalue weighted by Crippen LogP contribution is 2.19. The van der Waals surface area contributed by atoms with E-state index in [1.54, 1.807) is 32.0 Å². The highest BCUT2D eigenvalue weighted by atomic mass is 16.5. The minimum Gasteiger partial charge on any atom is -0.360 e. The van der Waals surface area contributed by atoms with Crippen LogP contribution < -0.4 is 5.32 Å². The van der Waals surface area contributed by atoms with E-state index in [0.29, 0.717) is 24.5 Å². The molecule has 1 aliphatic rings. The summed E-state index contributed by atoms with van der Waals surface area (Å²) in [5.41, 5.74) is 0. The molecule has 2 rings (SSSR count). The standard InChI is InChI=1S/C14H22N4O3/c1-10-9-12(16-21-10)15-13(19)6-8-18-7-4-5-11(18)14(20)17(2)3/h9,11H,4-8H2,1-3H3,(H,15,16,19)/t11-/m1/s1. The molecule has 0 unspecified atom stereocenters. The SMILES string of the molecule is Cc1cc(NC(=O)CCN2CCC[C@@H]2C(=O)N(C)C)no1. The molecule has 2 heterocycles. The Labute approximate surface area is 124 Å². The van der Waals surface area contributed by atoms with Gasteiger partial charge in [0.25, 0.3) is 0 Å². The molecule has 1 saturated heterocycles. The zero-order valence-corrected chi connectivity index (χ0v) is 12.8. The molecule has 0 radical (unpaired) electrons. The first kappa shape index (κ1) is 15.5. The molecule has 116 valence electrons. The summed E-state index contributed by atoms with van der Waals surface area (Å²) in [6, 6.07) is 1.58. The second kappa shape index (κ2) is 6.71. The van der Waals surface area contributed by atoms with E-state index in [1.165, 1.54) is 0 Å². The van der Waals surface area contributed by atoms with Crippen LogP contribution in [0.2, 0.25) is 0 Å². The molecule has 1 aliphatic heterocycles. The van der Waals surface area contributed by atoms with Gasteiger partial charge in [-0.15, -0.1) is 0 Å². The second-order valence-corrected chi connectivity index (χ2v) is 5.55. The van der Waals surface area contributed by atoms with E-state index in [2.05, 4.69) is 15.4 Å². The van der Waals surface area contributed by atoms with Crippen LogP contribution in [0.3, 0.4) is 0 Å². The Morgan fingerprint density at radius 2 is 2.29 bits per heavy atom. The number of nitrogens with zero attached hydrogens (tertiary/aromatic N) is 3. The van der Waals surface area contributed by atoms with Gasteiger partial charge in [0.2, 0.25) is 11.8 Å². The summed E-state index contributed by atoms with van der Waals surface area (Å²) in [6.07, 6.45) is 2.19. The molecule has 1 atom stereocenters. The van der Waals surface area contributed by atoms with Crippen molar-refractivity contribution in [1.82, 2.24) is 15.0 Å². The minimum absolute atomic E-state index is 0.0953. The van der Waals surface area contributed by atoms with Crippen LogP contribution in [0.15, 0.2) is 10.6 Å². The van der Waals surface area contributed by atoms with Gasteiger partial charge in [0.05, 0.1) is 6.04 Å². The third-order valence-electron chi connectivity index (χ3n) is 3.61. The number of hydrogen-bond acceptors (Lipinski definition) is 5. The van der Waals surface area contributed by atoms with Gasteiger partial charge in [-0.05, 0) is 26.3 Å². The molecule has 2 amide bonds. The van der Waals surface area contributed by atoms with Crippen molar-refractivity contribution in [2.24, 2.45) is 0 Å².